The Morgan fingerprint density at radius 3 is 2.04 bits per heavy atom. The molecule has 0 bridgehead atoms. The zero-order valence-electron chi connectivity index (χ0n) is 15.3. The molecule has 0 aromatic heterocycles. The normalized spacial score (nSPS) is 14.1. The molecule has 0 amide bonds. The van der Waals surface area contributed by atoms with Crippen LogP contribution in [-0.2, 0) is 10.1 Å². The third-order valence-electron chi connectivity index (χ3n) is 4.37. The van der Waals surface area contributed by atoms with Crippen molar-refractivity contribution >= 4 is 10.1 Å². The summed E-state index contributed by atoms with van der Waals surface area (Å²) in [6, 6.07) is 0. The Morgan fingerprint density at radius 2 is 1.48 bits per heavy atom. The van der Waals surface area contributed by atoms with Crippen LogP contribution in [0.25, 0.3) is 0 Å². The predicted molar refractivity (Wildman–Crippen MR) is 94.3 cm³/mol. The Labute approximate surface area is 143 Å². The fourth-order valence-electron chi connectivity index (χ4n) is 2.76. The van der Waals surface area contributed by atoms with E-state index in [9.17, 15) is 18.1 Å². The van der Waals surface area contributed by atoms with Gasteiger partial charge in [-0.05, 0) is 6.42 Å². The van der Waals surface area contributed by atoms with Gasteiger partial charge in [0.1, 0.15) is 0 Å². The number of nitrogens with zero attached hydrogens (tertiary/aromatic N) is 1. The molecule has 0 radical (unpaired) electrons. The first-order valence-electron chi connectivity index (χ1n) is 9.10. The van der Waals surface area contributed by atoms with Crippen LogP contribution in [0.15, 0.2) is 0 Å². The Balaban J connectivity index is 3.67. The fraction of sp³-hybridized carbons (Fsp3) is 1.00. The van der Waals surface area contributed by atoms with Crippen LogP contribution in [0.5, 0.6) is 0 Å². The summed E-state index contributed by atoms with van der Waals surface area (Å²) in [7, 11) is -0.0872. The van der Waals surface area contributed by atoms with Crippen molar-refractivity contribution < 1.29 is 22.6 Å². The summed E-state index contributed by atoms with van der Waals surface area (Å²) in [6.07, 6.45) is 10.4. The minimum atomic E-state index is -4.11. The lowest BCUT2D eigenvalue weighted by atomic mass is 10.0. The molecule has 0 saturated carbocycles. The highest BCUT2D eigenvalue weighted by Gasteiger charge is 2.17. The fourth-order valence-corrected chi connectivity index (χ4v) is 3.24. The van der Waals surface area contributed by atoms with Crippen molar-refractivity contribution in [1.82, 2.24) is 0 Å². The lowest BCUT2D eigenvalue weighted by molar-refractivity contribution is -0.890. The van der Waals surface area contributed by atoms with Crippen LogP contribution in [0.2, 0.25) is 0 Å². The van der Waals surface area contributed by atoms with Crippen LogP contribution in [0.1, 0.15) is 71.1 Å². The smallest absolute Gasteiger partial charge is 0.0948 e. The van der Waals surface area contributed by atoms with E-state index >= 15 is 0 Å². The molecule has 140 valence electrons. The van der Waals surface area contributed by atoms with Gasteiger partial charge in [0.05, 0.1) is 43.4 Å². The molecule has 0 spiro atoms. The maximum absolute atomic E-state index is 10.6. The topological polar surface area (TPSA) is 77.4 Å². The third-order valence-corrected chi connectivity index (χ3v) is 5.16. The summed E-state index contributed by atoms with van der Waals surface area (Å²) in [5, 5.41) is 10.1. The van der Waals surface area contributed by atoms with E-state index in [0.29, 0.717) is 17.4 Å². The molecule has 0 rings (SSSR count). The zero-order chi connectivity index (χ0) is 17.8. The van der Waals surface area contributed by atoms with E-state index in [1.165, 1.54) is 38.5 Å². The van der Waals surface area contributed by atoms with Crippen LogP contribution in [-0.4, -0.2) is 61.6 Å². The van der Waals surface area contributed by atoms with Crippen molar-refractivity contribution in [3.05, 3.63) is 0 Å². The van der Waals surface area contributed by atoms with Crippen LogP contribution in [0, 0.1) is 0 Å². The van der Waals surface area contributed by atoms with Gasteiger partial charge in [-0.2, -0.15) is 0 Å². The Kier molecular flexibility index (Phi) is 12.1. The SMILES string of the molecule is CCCCCCCCCC(O)CC[N+](C)(C)CCCS(=O)(=O)[O-]. The number of rotatable bonds is 15. The summed E-state index contributed by atoms with van der Waals surface area (Å²) >= 11 is 0. The van der Waals surface area contributed by atoms with Gasteiger partial charge in [0.2, 0.25) is 0 Å². The van der Waals surface area contributed by atoms with Crippen LogP contribution in [0.4, 0.5) is 0 Å². The second kappa shape index (κ2) is 12.2. The van der Waals surface area contributed by atoms with Gasteiger partial charge in [0.25, 0.3) is 0 Å². The third kappa shape index (κ3) is 16.5. The van der Waals surface area contributed by atoms with Crippen LogP contribution >= 0.6 is 0 Å². The molecule has 0 aliphatic heterocycles. The summed E-state index contributed by atoms with van der Waals surface area (Å²) < 4.78 is 32.5. The van der Waals surface area contributed by atoms with Crippen molar-refractivity contribution in [2.45, 2.75) is 77.2 Å². The molecular formula is C17H37NO4S. The van der Waals surface area contributed by atoms with Crippen molar-refractivity contribution in [1.29, 1.82) is 0 Å². The van der Waals surface area contributed by atoms with E-state index in [-0.39, 0.29) is 11.9 Å². The number of hydrogen-bond donors (Lipinski definition) is 1. The van der Waals surface area contributed by atoms with Crippen LogP contribution in [0.3, 0.4) is 0 Å². The van der Waals surface area contributed by atoms with E-state index in [1.54, 1.807) is 0 Å². The predicted octanol–water partition coefficient (Wildman–Crippen LogP) is 2.89. The summed E-state index contributed by atoms with van der Waals surface area (Å²) in [4.78, 5) is 0. The van der Waals surface area contributed by atoms with E-state index < -0.39 is 10.1 Å². The standard InChI is InChI=1S/C17H37NO4S/c1-4-5-6-7-8-9-10-12-17(19)13-15-18(2,3)14-11-16-23(20,21)22/h17,19H,4-16H2,1-3H3. The van der Waals surface area contributed by atoms with Gasteiger partial charge in [-0.3, -0.25) is 0 Å². The maximum Gasteiger partial charge on any atom is 0.0948 e. The van der Waals surface area contributed by atoms with Gasteiger partial charge in [-0.15, -0.1) is 0 Å². The Morgan fingerprint density at radius 1 is 0.913 bits per heavy atom. The van der Waals surface area contributed by atoms with Crippen LogP contribution < -0.4 is 0 Å². The lowest BCUT2D eigenvalue weighted by Gasteiger charge is -2.31. The maximum atomic E-state index is 10.6. The molecule has 0 aliphatic rings. The molecule has 1 N–H and O–H groups in total. The molecular weight excluding hydrogens is 314 g/mol. The average molecular weight is 352 g/mol. The van der Waals surface area contributed by atoms with E-state index in [2.05, 4.69) is 6.92 Å². The first kappa shape index (κ1) is 22.8. The summed E-state index contributed by atoms with van der Waals surface area (Å²) in [5.41, 5.74) is 0. The molecule has 1 unspecified atom stereocenters. The van der Waals surface area contributed by atoms with Crippen molar-refractivity contribution in [3.63, 3.8) is 0 Å². The van der Waals surface area contributed by atoms with E-state index in [4.69, 9.17) is 0 Å². The number of unbranched alkanes of at least 4 members (excludes halogenated alkanes) is 6. The van der Waals surface area contributed by atoms with Gasteiger partial charge in [-0.1, -0.05) is 51.9 Å². The summed E-state index contributed by atoms with van der Waals surface area (Å²) in [6.45, 7) is 3.66. The molecule has 0 aliphatic carbocycles. The van der Waals surface area contributed by atoms with Gasteiger partial charge in [0.15, 0.2) is 0 Å². The molecule has 0 aromatic rings. The molecule has 0 heterocycles. The molecule has 23 heavy (non-hydrogen) atoms. The van der Waals surface area contributed by atoms with Gasteiger partial charge in [0, 0.05) is 18.6 Å². The highest BCUT2D eigenvalue weighted by Crippen LogP contribution is 2.12. The number of aliphatic hydroxyl groups is 1. The minimum Gasteiger partial charge on any atom is -0.748 e. The van der Waals surface area contributed by atoms with Crippen molar-refractivity contribution in [2.24, 2.45) is 0 Å². The monoisotopic (exact) mass is 351 g/mol. The molecule has 1 atom stereocenters. The quantitative estimate of drug-likeness (QED) is 0.279. The van der Waals surface area contributed by atoms with Crippen molar-refractivity contribution in [2.75, 3.05) is 32.9 Å². The molecule has 6 heteroatoms. The minimum absolute atomic E-state index is 0.272. The Bertz CT molecular complexity index is 382. The highest BCUT2D eigenvalue weighted by atomic mass is 32.2. The first-order valence-corrected chi connectivity index (χ1v) is 10.7. The molecule has 0 fully saturated rings. The largest absolute Gasteiger partial charge is 0.748 e. The zero-order valence-corrected chi connectivity index (χ0v) is 16.1. The van der Waals surface area contributed by atoms with Crippen molar-refractivity contribution in [3.8, 4) is 0 Å². The van der Waals surface area contributed by atoms with Gasteiger partial charge in [-0.25, -0.2) is 8.42 Å². The second-order valence-electron chi connectivity index (χ2n) is 7.35. The second-order valence-corrected chi connectivity index (χ2v) is 8.87. The van der Waals surface area contributed by atoms with Gasteiger partial charge < -0.3 is 14.1 Å². The van der Waals surface area contributed by atoms with Gasteiger partial charge >= 0.3 is 0 Å². The van der Waals surface area contributed by atoms with E-state index in [0.717, 1.165) is 25.8 Å². The number of hydrogen-bond acceptors (Lipinski definition) is 4. The average Bonchev–Trinajstić information content (AvgIpc) is 2.42. The lowest BCUT2D eigenvalue weighted by Crippen LogP contribution is -2.43. The first-order chi connectivity index (χ1) is 10.7. The molecule has 5 nitrogen and oxygen atoms in total. The molecule has 0 aromatic carbocycles. The number of quaternary nitrogens is 1. The Hall–Kier alpha value is -0.170. The summed E-state index contributed by atoms with van der Waals surface area (Å²) in [5.74, 6) is -0.296. The van der Waals surface area contributed by atoms with E-state index in [1.807, 2.05) is 14.1 Å². The molecule has 0 saturated heterocycles. The highest BCUT2D eigenvalue weighted by molar-refractivity contribution is 7.85. The number of aliphatic hydroxyl groups excluding tert-OH is 1.